The number of hydrogen-bond donors (Lipinski definition) is 0. The Morgan fingerprint density at radius 2 is 2.04 bits per heavy atom. The highest BCUT2D eigenvalue weighted by Crippen LogP contribution is 2.46. The van der Waals surface area contributed by atoms with Crippen LogP contribution in [0.4, 0.5) is 0 Å². The average Bonchev–Trinajstić information content (AvgIpc) is 2.61. The summed E-state index contributed by atoms with van der Waals surface area (Å²) < 4.78 is 12.4. The third-order valence-electron chi connectivity index (χ3n) is 4.36. The number of ether oxygens (including phenoxy) is 2. The third-order valence-corrected chi connectivity index (χ3v) is 4.76. The molecule has 0 bridgehead atoms. The van der Waals surface area contributed by atoms with Crippen molar-refractivity contribution in [3.8, 4) is 22.8 Å². The number of fused-ring (bicyclic) bond motifs is 3. The highest BCUT2D eigenvalue weighted by Gasteiger charge is 2.28. The van der Waals surface area contributed by atoms with Crippen molar-refractivity contribution in [2.24, 2.45) is 5.18 Å². The second kappa shape index (κ2) is 6.33. The Hall–Kier alpha value is -2.67. The van der Waals surface area contributed by atoms with Gasteiger partial charge in [0.05, 0.1) is 24.9 Å². The maximum Gasteiger partial charge on any atom is 0.322 e. The van der Waals surface area contributed by atoms with Gasteiger partial charge in [-0.05, 0) is 25.0 Å². The van der Waals surface area contributed by atoms with Gasteiger partial charge in [-0.3, -0.25) is 9.59 Å². The van der Waals surface area contributed by atoms with Crippen molar-refractivity contribution >= 4 is 17.5 Å². The molecule has 2 aromatic rings. The molecule has 1 amide bonds. The number of hydrogen-bond acceptors (Lipinski definition) is 5. The third kappa shape index (κ3) is 2.60. The second-order valence-electron chi connectivity index (χ2n) is 5.75. The summed E-state index contributed by atoms with van der Waals surface area (Å²) in [5.41, 5.74) is 1.32. The maximum atomic E-state index is 12.2. The van der Waals surface area contributed by atoms with E-state index in [2.05, 4.69) is 5.18 Å². The highest BCUT2D eigenvalue weighted by atomic mass is 35.5. The summed E-state index contributed by atoms with van der Waals surface area (Å²) in [4.78, 5) is 34.3. The first-order valence-electron chi connectivity index (χ1n) is 7.50. The number of carbonyl (C=O) groups is 1. The van der Waals surface area contributed by atoms with Gasteiger partial charge in [0.1, 0.15) is 5.56 Å². The Bertz CT molecular complexity index is 951. The van der Waals surface area contributed by atoms with E-state index in [-0.39, 0.29) is 11.6 Å². The number of nitroso groups, excluding NO2 is 1. The molecular weight excluding hydrogens is 348 g/mol. The SMILES string of the molecule is COc1cc2c(c(Cl)c1OC)CC(C)n1cc(C(=O)N=O)c(=O)cc1-2. The Kier molecular flexibility index (Phi) is 4.34. The van der Waals surface area contributed by atoms with Crippen molar-refractivity contribution in [3.05, 3.63) is 49.6 Å². The van der Waals surface area contributed by atoms with Crippen molar-refractivity contribution in [2.45, 2.75) is 19.4 Å². The van der Waals surface area contributed by atoms with E-state index in [0.717, 1.165) is 11.1 Å². The van der Waals surface area contributed by atoms with E-state index in [9.17, 15) is 14.5 Å². The van der Waals surface area contributed by atoms with Crippen LogP contribution in [0.5, 0.6) is 11.5 Å². The Morgan fingerprint density at radius 3 is 2.64 bits per heavy atom. The summed E-state index contributed by atoms with van der Waals surface area (Å²) in [5, 5.41) is 2.77. The molecule has 0 saturated carbocycles. The minimum atomic E-state index is -1.08. The van der Waals surface area contributed by atoms with Gasteiger partial charge in [0.15, 0.2) is 16.9 Å². The zero-order valence-corrected chi connectivity index (χ0v) is 14.6. The molecule has 1 aromatic carbocycles. The first-order chi connectivity index (χ1) is 11.9. The summed E-state index contributed by atoms with van der Waals surface area (Å²) in [6.07, 6.45) is 1.94. The number of benzene rings is 1. The van der Waals surface area contributed by atoms with Crippen LogP contribution < -0.4 is 14.9 Å². The standard InChI is InChI=1S/C17H15ClN2O5/c1-8-4-10-9(5-14(24-2)16(25-3)15(10)18)12-6-13(21)11(7-20(8)12)17(22)19-23/h5-8H,4H2,1-3H3. The zero-order chi connectivity index (χ0) is 18.3. The molecule has 7 nitrogen and oxygen atoms in total. The fraction of sp³-hybridized carbons (Fsp3) is 0.294. The van der Waals surface area contributed by atoms with Gasteiger partial charge in [0.2, 0.25) is 0 Å². The van der Waals surface area contributed by atoms with Crippen LogP contribution in [0.25, 0.3) is 11.3 Å². The first-order valence-corrected chi connectivity index (χ1v) is 7.88. The lowest BCUT2D eigenvalue weighted by Crippen LogP contribution is -2.24. The van der Waals surface area contributed by atoms with Crippen LogP contribution in [0.2, 0.25) is 5.02 Å². The molecule has 0 fully saturated rings. The van der Waals surface area contributed by atoms with Gasteiger partial charge in [-0.25, -0.2) is 0 Å². The van der Waals surface area contributed by atoms with Gasteiger partial charge in [-0.2, -0.15) is 0 Å². The van der Waals surface area contributed by atoms with E-state index in [4.69, 9.17) is 21.1 Å². The normalized spacial score (nSPS) is 15.1. The Labute approximate surface area is 148 Å². The van der Waals surface area contributed by atoms with E-state index < -0.39 is 11.3 Å². The zero-order valence-electron chi connectivity index (χ0n) is 13.8. The molecule has 0 spiro atoms. The summed E-state index contributed by atoms with van der Waals surface area (Å²) >= 11 is 6.48. The van der Waals surface area contributed by atoms with Crippen LogP contribution in [0, 0.1) is 4.91 Å². The number of amides is 1. The van der Waals surface area contributed by atoms with Crippen LogP contribution in [-0.2, 0) is 6.42 Å². The van der Waals surface area contributed by atoms with Gasteiger partial charge in [-0.15, -0.1) is 4.91 Å². The molecular formula is C17H15ClN2O5. The van der Waals surface area contributed by atoms with Crippen molar-refractivity contribution < 1.29 is 14.3 Å². The van der Waals surface area contributed by atoms with Gasteiger partial charge < -0.3 is 14.0 Å². The highest BCUT2D eigenvalue weighted by molar-refractivity contribution is 6.33. The molecule has 1 atom stereocenters. The Morgan fingerprint density at radius 1 is 1.32 bits per heavy atom. The minimum absolute atomic E-state index is 0.0862. The average molecular weight is 363 g/mol. The second-order valence-corrected chi connectivity index (χ2v) is 6.12. The van der Waals surface area contributed by atoms with E-state index >= 15 is 0 Å². The number of methoxy groups -OCH3 is 2. The number of aromatic nitrogens is 1. The predicted molar refractivity (Wildman–Crippen MR) is 92.8 cm³/mol. The van der Waals surface area contributed by atoms with Crippen molar-refractivity contribution in [1.29, 1.82) is 0 Å². The molecule has 25 heavy (non-hydrogen) atoms. The fourth-order valence-corrected chi connectivity index (χ4v) is 3.50. The molecule has 0 saturated heterocycles. The molecule has 0 radical (unpaired) electrons. The predicted octanol–water partition coefficient (Wildman–Crippen LogP) is 3.21. The molecule has 8 heteroatoms. The van der Waals surface area contributed by atoms with Gasteiger partial charge in [0, 0.05) is 29.0 Å². The topological polar surface area (TPSA) is 87.0 Å². The molecule has 1 unspecified atom stereocenters. The maximum absolute atomic E-state index is 12.2. The number of carbonyl (C=O) groups excluding carboxylic acids is 1. The summed E-state index contributed by atoms with van der Waals surface area (Å²) in [6.45, 7) is 1.92. The number of pyridine rings is 1. The van der Waals surface area contributed by atoms with Gasteiger partial charge >= 0.3 is 5.91 Å². The van der Waals surface area contributed by atoms with Gasteiger partial charge in [-0.1, -0.05) is 11.6 Å². The van der Waals surface area contributed by atoms with Gasteiger partial charge in [0.25, 0.3) is 0 Å². The smallest absolute Gasteiger partial charge is 0.322 e. The van der Waals surface area contributed by atoms with Crippen molar-refractivity contribution in [1.82, 2.24) is 4.57 Å². The molecule has 130 valence electrons. The molecule has 2 heterocycles. The van der Waals surface area contributed by atoms with Crippen molar-refractivity contribution in [3.63, 3.8) is 0 Å². The Balaban J connectivity index is 2.32. The van der Waals surface area contributed by atoms with E-state index in [1.165, 1.54) is 26.5 Å². The largest absolute Gasteiger partial charge is 0.493 e. The lowest BCUT2D eigenvalue weighted by atomic mass is 9.92. The van der Waals surface area contributed by atoms with Crippen LogP contribution in [0.3, 0.4) is 0 Å². The molecule has 1 aromatic heterocycles. The van der Waals surface area contributed by atoms with Crippen LogP contribution >= 0.6 is 11.6 Å². The molecule has 0 N–H and O–H groups in total. The number of halogens is 1. The van der Waals surface area contributed by atoms with Crippen molar-refractivity contribution in [2.75, 3.05) is 14.2 Å². The van der Waals surface area contributed by atoms with Crippen LogP contribution in [0.15, 0.2) is 28.3 Å². The number of rotatable bonds is 3. The summed E-state index contributed by atoms with van der Waals surface area (Å²) in [7, 11) is 3.00. The number of nitrogens with zero attached hydrogens (tertiary/aromatic N) is 2. The minimum Gasteiger partial charge on any atom is -0.493 e. The van der Waals surface area contributed by atoms with Crippen LogP contribution in [-0.4, -0.2) is 24.7 Å². The monoisotopic (exact) mass is 362 g/mol. The summed E-state index contributed by atoms with van der Waals surface area (Å²) in [6, 6.07) is 2.98. The lowest BCUT2D eigenvalue weighted by Gasteiger charge is -2.30. The van der Waals surface area contributed by atoms with E-state index in [1.807, 2.05) is 6.92 Å². The summed E-state index contributed by atoms with van der Waals surface area (Å²) in [5.74, 6) is -0.207. The molecule has 1 aliphatic rings. The molecule has 0 aliphatic carbocycles. The van der Waals surface area contributed by atoms with E-state index in [0.29, 0.717) is 28.6 Å². The van der Waals surface area contributed by atoms with E-state index in [1.54, 1.807) is 10.6 Å². The lowest BCUT2D eigenvalue weighted by molar-refractivity contribution is 0.0999. The quantitative estimate of drug-likeness (QED) is 0.782. The fourth-order valence-electron chi connectivity index (χ4n) is 3.15. The molecule has 3 rings (SSSR count). The van der Waals surface area contributed by atoms with Crippen LogP contribution in [0.1, 0.15) is 28.9 Å². The molecule has 1 aliphatic heterocycles. The first kappa shape index (κ1) is 17.2.